The van der Waals surface area contributed by atoms with Gasteiger partial charge in [0.1, 0.15) is 5.60 Å². The van der Waals surface area contributed by atoms with Gasteiger partial charge in [0.2, 0.25) is 0 Å². The molecule has 1 saturated heterocycles. The first kappa shape index (κ1) is 15.4. The van der Waals surface area contributed by atoms with Gasteiger partial charge < -0.3 is 15.4 Å². The minimum absolute atomic E-state index is 0.175. The molecule has 0 aliphatic carbocycles. The second-order valence-electron chi connectivity index (χ2n) is 6.25. The molecule has 4 heteroatoms. The predicted octanol–water partition coefficient (Wildman–Crippen LogP) is 1.84. The minimum Gasteiger partial charge on any atom is -0.459 e. The van der Waals surface area contributed by atoms with Gasteiger partial charge in [-0.2, -0.15) is 0 Å². The van der Waals surface area contributed by atoms with E-state index in [1.807, 2.05) is 20.8 Å². The molecular weight excluding hydrogens is 228 g/mol. The molecule has 0 spiro atoms. The van der Waals surface area contributed by atoms with E-state index in [-0.39, 0.29) is 5.97 Å². The lowest BCUT2D eigenvalue weighted by Crippen LogP contribution is -2.42. The van der Waals surface area contributed by atoms with Crippen LogP contribution in [-0.4, -0.2) is 36.7 Å². The predicted molar refractivity (Wildman–Crippen MR) is 73.6 cm³/mol. The third kappa shape index (κ3) is 6.97. The first-order chi connectivity index (χ1) is 8.37. The Bertz CT molecular complexity index is 255. The fourth-order valence-electron chi connectivity index (χ4n) is 2.27. The van der Waals surface area contributed by atoms with Crippen LogP contribution < -0.4 is 10.6 Å². The average Bonchev–Trinajstić information content (AvgIpc) is 2.25. The molecule has 4 nitrogen and oxygen atoms in total. The zero-order chi connectivity index (χ0) is 13.6. The highest BCUT2D eigenvalue weighted by Crippen LogP contribution is 2.12. The number of carbonyl (C=O) groups excluding carboxylic acids is 1. The van der Waals surface area contributed by atoms with Gasteiger partial charge in [0, 0.05) is 12.1 Å². The maximum atomic E-state index is 11.6. The van der Waals surface area contributed by atoms with Gasteiger partial charge in [-0.25, -0.2) is 0 Å². The van der Waals surface area contributed by atoms with Gasteiger partial charge in [0.15, 0.2) is 0 Å². The molecule has 0 bridgehead atoms. The van der Waals surface area contributed by atoms with Crippen molar-refractivity contribution >= 4 is 5.97 Å². The molecule has 0 saturated carbocycles. The topological polar surface area (TPSA) is 50.4 Å². The molecule has 2 unspecified atom stereocenters. The molecule has 1 fully saturated rings. The molecule has 1 aliphatic rings. The van der Waals surface area contributed by atoms with E-state index in [9.17, 15) is 4.79 Å². The summed E-state index contributed by atoms with van der Waals surface area (Å²) < 4.78 is 5.26. The van der Waals surface area contributed by atoms with Crippen LogP contribution in [0.3, 0.4) is 0 Å². The molecule has 0 aromatic carbocycles. The lowest BCUT2D eigenvalue weighted by Gasteiger charge is -2.27. The zero-order valence-corrected chi connectivity index (χ0v) is 12.2. The number of hydrogen-bond acceptors (Lipinski definition) is 4. The van der Waals surface area contributed by atoms with Gasteiger partial charge in [-0.3, -0.25) is 4.79 Å². The fourth-order valence-corrected chi connectivity index (χ4v) is 2.27. The van der Waals surface area contributed by atoms with Crippen molar-refractivity contribution in [2.24, 2.45) is 0 Å². The van der Waals surface area contributed by atoms with Crippen LogP contribution in [0.2, 0.25) is 0 Å². The second-order valence-corrected chi connectivity index (χ2v) is 6.25. The summed E-state index contributed by atoms with van der Waals surface area (Å²) in [6.45, 7) is 9.22. The molecule has 18 heavy (non-hydrogen) atoms. The Hall–Kier alpha value is -0.610. The van der Waals surface area contributed by atoms with Gasteiger partial charge in [-0.1, -0.05) is 6.42 Å². The maximum Gasteiger partial charge on any atom is 0.320 e. The smallest absolute Gasteiger partial charge is 0.320 e. The summed E-state index contributed by atoms with van der Waals surface area (Å²) in [5.41, 5.74) is -0.396. The standard InChI is InChI=1S/C14H28N2O2/c1-11(9-12-7-5-6-8-15-12)16-10-13(17)18-14(2,3)4/h11-12,15-16H,5-10H2,1-4H3. The Morgan fingerprint density at radius 2 is 2.17 bits per heavy atom. The Balaban J connectivity index is 2.16. The highest BCUT2D eigenvalue weighted by Gasteiger charge is 2.18. The maximum absolute atomic E-state index is 11.6. The number of carbonyl (C=O) groups is 1. The summed E-state index contributed by atoms with van der Waals surface area (Å²) in [5, 5.41) is 6.76. The van der Waals surface area contributed by atoms with Crippen LogP contribution in [0.1, 0.15) is 53.4 Å². The molecule has 1 heterocycles. The molecule has 1 aliphatic heterocycles. The van der Waals surface area contributed by atoms with E-state index in [4.69, 9.17) is 4.74 Å². The zero-order valence-electron chi connectivity index (χ0n) is 12.2. The summed E-state index contributed by atoms with van der Waals surface area (Å²) >= 11 is 0. The van der Waals surface area contributed by atoms with Crippen molar-refractivity contribution in [3.63, 3.8) is 0 Å². The van der Waals surface area contributed by atoms with Crippen molar-refractivity contribution in [2.75, 3.05) is 13.1 Å². The van der Waals surface area contributed by atoms with E-state index >= 15 is 0 Å². The van der Waals surface area contributed by atoms with Gasteiger partial charge in [0.05, 0.1) is 6.54 Å². The van der Waals surface area contributed by atoms with Crippen LogP contribution in [0.5, 0.6) is 0 Å². The quantitative estimate of drug-likeness (QED) is 0.737. The third-order valence-corrected chi connectivity index (χ3v) is 3.07. The number of rotatable bonds is 5. The van der Waals surface area contributed by atoms with Crippen molar-refractivity contribution in [3.8, 4) is 0 Å². The second kappa shape index (κ2) is 7.10. The number of hydrogen-bond donors (Lipinski definition) is 2. The normalized spacial score (nSPS) is 22.6. The van der Waals surface area contributed by atoms with Gasteiger partial charge >= 0.3 is 5.97 Å². The van der Waals surface area contributed by atoms with Crippen LogP contribution in [0.25, 0.3) is 0 Å². The monoisotopic (exact) mass is 256 g/mol. The Morgan fingerprint density at radius 3 is 2.72 bits per heavy atom. The summed E-state index contributed by atoms with van der Waals surface area (Å²) in [6, 6.07) is 0.938. The van der Waals surface area contributed by atoms with Crippen molar-refractivity contribution in [1.29, 1.82) is 0 Å². The lowest BCUT2D eigenvalue weighted by atomic mass is 9.99. The molecule has 0 aromatic rings. The molecule has 2 N–H and O–H groups in total. The van der Waals surface area contributed by atoms with Crippen molar-refractivity contribution in [3.05, 3.63) is 0 Å². The van der Waals surface area contributed by atoms with Crippen molar-refractivity contribution in [2.45, 2.75) is 71.1 Å². The van der Waals surface area contributed by atoms with Crippen molar-refractivity contribution < 1.29 is 9.53 Å². The highest BCUT2D eigenvalue weighted by atomic mass is 16.6. The number of esters is 1. The van der Waals surface area contributed by atoms with E-state index in [1.54, 1.807) is 0 Å². The van der Waals surface area contributed by atoms with Crippen molar-refractivity contribution in [1.82, 2.24) is 10.6 Å². The summed E-state index contributed by atoms with van der Waals surface area (Å²) in [7, 11) is 0. The van der Waals surface area contributed by atoms with E-state index in [1.165, 1.54) is 19.3 Å². The molecular formula is C14H28N2O2. The molecule has 2 atom stereocenters. The third-order valence-electron chi connectivity index (χ3n) is 3.07. The Labute approximate surface area is 111 Å². The minimum atomic E-state index is -0.396. The SMILES string of the molecule is CC(CC1CCCCN1)NCC(=O)OC(C)(C)C. The Kier molecular flexibility index (Phi) is 6.09. The average molecular weight is 256 g/mol. The van der Waals surface area contributed by atoms with Gasteiger partial charge in [0.25, 0.3) is 0 Å². The summed E-state index contributed by atoms with van der Waals surface area (Å²) in [6.07, 6.45) is 4.92. The summed E-state index contributed by atoms with van der Waals surface area (Å²) in [4.78, 5) is 11.6. The van der Waals surface area contributed by atoms with E-state index < -0.39 is 5.60 Å². The molecule has 0 amide bonds. The number of piperidine rings is 1. The molecule has 0 radical (unpaired) electrons. The first-order valence-corrected chi connectivity index (χ1v) is 7.05. The highest BCUT2D eigenvalue weighted by molar-refractivity contribution is 5.72. The Morgan fingerprint density at radius 1 is 1.44 bits per heavy atom. The van der Waals surface area contributed by atoms with Crippen LogP contribution in [0.4, 0.5) is 0 Å². The number of ether oxygens (including phenoxy) is 1. The summed E-state index contributed by atoms with van der Waals surface area (Å²) in [5.74, 6) is -0.175. The van der Waals surface area contributed by atoms with Gasteiger partial charge in [-0.05, 0) is 53.5 Å². The molecule has 0 aromatic heterocycles. The molecule has 1 rings (SSSR count). The van der Waals surface area contributed by atoms with E-state index in [0.29, 0.717) is 18.6 Å². The van der Waals surface area contributed by atoms with Gasteiger partial charge in [-0.15, -0.1) is 0 Å². The molecule has 106 valence electrons. The fraction of sp³-hybridized carbons (Fsp3) is 0.929. The van der Waals surface area contributed by atoms with Crippen LogP contribution in [0.15, 0.2) is 0 Å². The first-order valence-electron chi connectivity index (χ1n) is 7.05. The van der Waals surface area contributed by atoms with Crippen LogP contribution >= 0.6 is 0 Å². The lowest BCUT2D eigenvalue weighted by molar-refractivity contribution is -0.153. The largest absolute Gasteiger partial charge is 0.459 e. The van der Waals surface area contributed by atoms with E-state index in [2.05, 4.69) is 17.6 Å². The van der Waals surface area contributed by atoms with Crippen LogP contribution in [0, 0.1) is 0 Å². The number of nitrogens with one attached hydrogen (secondary N) is 2. The van der Waals surface area contributed by atoms with E-state index in [0.717, 1.165) is 13.0 Å². The van der Waals surface area contributed by atoms with Crippen LogP contribution in [-0.2, 0) is 9.53 Å².